The maximum atomic E-state index is 13.2. The lowest BCUT2D eigenvalue weighted by Crippen LogP contribution is -2.46. The molecule has 2 aliphatic rings. The van der Waals surface area contributed by atoms with Gasteiger partial charge in [0, 0.05) is 51.5 Å². The quantitative estimate of drug-likeness (QED) is 0.497. The summed E-state index contributed by atoms with van der Waals surface area (Å²) >= 11 is 0. The van der Waals surface area contributed by atoms with Crippen LogP contribution in [0.5, 0.6) is 5.75 Å². The number of ether oxygens (including phenoxy) is 1. The molecule has 0 unspecified atom stereocenters. The highest BCUT2D eigenvalue weighted by atomic mass is 19.1. The molecule has 2 saturated heterocycles. The molecule has 33 heavy (non-hydrogen) atoms. The molecule has 2 heterocycles. The summed E-state index contributed by atoms with van der Waals surface area (Å²) in [4.78, 5) is 21.3. The van der Waals surface area contributed by atoms with Crippen molar-refractivity contribution in [3.63, 3.8) is 0 Å². The number of anilines is 2. The number of hydrogen-bond acceptors (Lipinski definition) is 4. The first-order valence-electron chi connectivity index (χ1n) is 12.2. The minimum absolute atomic E-state index is 0.0270. The van der Waals surface area contributed by atoms with E-state index in [9.17, 15) is 9.18 Å². The average Bonchev–Trinajstić information content (AvgIpc) is 3.21. The van der Waals surface area contributed by atoms with E-state index in [2.05, 4.69) is 34.9 Å². The molecule has 0 spiro atoms. The normalized spacial score (nSPS) is 17.2. The van der Waals surface area contributed by atoms with Gasteiger partial charge in [-0.25, -0.2) is 9.18 Å². The molecule has 2 aromatic rings. The summed E-state index contributed by atoms with van der Waals surface area (Å²) in [5.41, 5.74) is 1.97. The number of carbonyl (C=O) groups excluding carboxylic acids is 1. The molecule has 2 aliphatic heterocycles. The van der Waals surface area contributed by atoms with Crippen LogP contribution in [0.15, 0.2) is 48.5 Å². The Morgan fingerprint density at radius 1 is 0.879 bits per heavy atom. The Morgan fingerprint density at radius 2 is 1.61 bits per heavy atom. The number of para-hydroxylation sites is 2. The lowest BCUT2D eigenvalue weighted by molar-refractivity contribution is 0.215. The molecule has 0 N–H and O–H groups in total. The Hall–Kier alpha value is -2.80. The summed E-state index contributed by atoms with van der Waals surface area (Å²) in [6.45, 7) is 10.2. The van der Waals surface area contributed by atoms with Crippen molar-refractivity contribution < 1.29 is 13.9 Å². The number of nitrogens with zero attached hydrogens (tertiary/aromatic N) is 4. The Labute approximate surface area is 196 Å². The number of urea groups is 1. The number of unbranched alkanes of at least 4 members (excludes halogenated alkanes) is 1. The van der Waals surface area contributed by atoms with E-state index in [0.29, 0.717) is 6.54 Å². The first-order chi connectivity index (χ1) is 16.2. The Balaban J connectivity index is 1.16. The third-order valence-corrected chi connectivity index (χ3v) is 6.43. The number of carbonyl (C=O) groups is 1. The molecule has 0 saturated carbocycles. The second-order valence-corrected chi connectivity index (χ2v) is 8.75. The fraction of sp³-hybridized carbons (Fsp3) is 0.500. The van der Waals surface area contributed by atoms with E-state index >= 15 is 0 Å². The molecule has 2 fully saturated rings. The lowest BCUT2D eigenvalue weighted by Gasteiger charge is -2.36. The highest BCUT2D eigenvalue weighted by Crippen LogP contribution is 2.29. The molecular formula is C26H35FN4O2. The topological polar surface area (TPSA) is 39.3 Å². The number of benzene rings is 2. The van der Waals surface area contributed by atoms with Gasteiger partial charge < -0.3 is 14.5 Å². The van der Waals surface area contributed by atoms with E-state index in [0.717, 1.165) is 83.1 Å². The molecule has 7 heteroatoms. The maximum absolute atomic E-state index is 13.2. The molecule has 0 aromatic heterocycles. The number of rotatable bonds is 10. The van der Waals surface area contributed by atoms with Crippen LogP contribution in [0.2, 0.25) is 0 Å². The molecule has 2 amide bonds. The van der Waals surface area contributed by atoms with Crippen molar-refractivity contribution in [3.05, 3.63) is 54.3 Å². The van der Waals surface area contributed by atoms with Gasteiger partial charge in [-0.3, -0.25) is 9.80 Å². The van der Waals surface area contributed by atoms with Gasteiger partial charge >= 0.3 is 6.03 Å². The SMILES string of the molecule is CCCOc1ccccc1N1CCN(CCCCN2CCN(c3ccc(F)cc3)C2=O)CC1. The summed E-state index contributed by atoms with van der Waals surface area (Å²) < 4.78 is 19.1. The minimum Gasteiger partial charge on any atom is -0.491 e. The van der Waals surface area contributed by atoms with Gasteiger partial charge in [0.1, 0.15) is 11.6 Å². The highest BCUT2D eigenvalue weighted by molar-refractivity contribution is 5.94. The largest absolute Gasteiger partial charge is 0.491 e. The predicted molar refractivity (Wildman–Crippen MR) is 131 cm³/mol. The first-order valence-corrected chi connectivity index (χ1v) is 12.2. The molecule has 0 radical (unpaired) electrons. The summed E-state index contributed by atoms with van der Waals surface area (Å²) in [5, 5.41) is 0. The summed E-state index contributed by atoms with van der Waals surface area (Å²) in [7, 11) is 0. The van der Waals surface area contributed by atoms with Crippen LogP contribution >= 0.6 is 0 Å². The van der Waals surface area contributed by atoms with Crippen molar-refractivity contribution in [2.45, 2.75) is 26.2 Å². The van der Waals surface area contributed by atoms with Crippen LogP contribution in [0.4, 0.5) is 20.6 Å². The summed E-state index contributed by atoms with van der Waals surface area (Å²) in [6, 6.07) is 14.5. The van der Waals surface area contributed by atoms with Crippen LogP contribution in [-0.2, 0) is 0 Å². The first kappa shape index (κ1) is 23.4. The monoisotopic (exact) mass is 454 g/mol. The lowest BCUT2D eigenvalue weighted by atomic mass is 10.2. The second kappa shape index (κ2) is 11.4. The highest BCUT2D eigenvalue weighted by Gasteiger charge is 2.29. The van der Waals surface area contributed by atoms with Crippen LogP contribution in [0, 0.1) is 5.82 Å². The fourth-order valence-corrected chi connectivity index (χ4v) is 4.55. The Kier molecular flexibility index (Phi) is 8.05. The molecule has 0 atom stereocenters. The zero-order chi connectivity index (χ0) is 23.0. The zero-order valence-electron chi connectivity index (χ0n) is 19.6. The van der Waals surface area contributed by atoms with Crippen LogP contribution in [0.1, 0.15) is 26.2 Å². The number of halogens is 1. The van der Waals surface area contributed by atoms with E-state index in [1.807, 2.05) is 11.0 Å². The Bertz CT molecular complexity index is 899. The summed E-state index contributed by atoms with van der Waals surface area (Å²) in [5.74, 6) is 0.704. The zero-order valence-corrected chi connectivity index (χ0v) is 19.6. The molecule has 178 valence electrons. The second-order valence-electron chi connectivity index (χ2n) is 8.75. The van der Waals surface area contributed by atoms with E-state index in [-0.39, 0.29) is 11.8 Å². The van der Waals surface area contributed by atoms with Gasteiger partial charge in [0.15, 0.2) is 0 Å². The fourth-order valence-electron chi connectivity index (χ4n) is 4.55. The predicted octanol–water partition coefficient (Wildman–Crippen LogP) is 4.46. The third-order valence-electron chi connectivity index (χ3n) is 6.43. The molecule has 4 rings (SSSR count). The standard InChI is InChI=1S/C26H35FN4O2/c1-2-21-33-25-8-4-3-7-24(25)29-17-15-28(16-18-29)13-5-6-14-30-19-20-31(26(30)32)23-11-9-22(27)10-12-23/h3-4,7-12H,2,5-6,13-21H2,1H3. The van der Waals surface area contributed by atoms with Gasteiger partial charge in [-0.15, -0.1) is 0 Å². The summed E-state index contributed by atoms with van der Waals surface area (Å²) in [6.07, 6.45) is 3.09. The van der Waals surface area contributed by atoms with Gasteiger partial charge in [-0.1, -0.05) is 19.1 Å². The van der Waals surface area contributed by atoms with Crippen LogP contribution < -0.4 is 14.5 Å². The average molecular weight is 455 g/mol. The van der Waals surface area contributed by atoms with Crippen molar-refractivity contribution in [1.29, 1.82) is 0 Å². The van der Waals surface area contributed by atoms with Crippen molar-refractivity contribution in [2.24, 2.45) is 0 Å². The maximum Gasteiger partial charge on any atom is 0.324 e. The van der Waals surface area contributed by atoms with E-state index in [1.54, 1.807) is 17.0 Å². The van der Waals surface area contributed by atoms with Gasteiger partial charge in [0.2, 0.25) is 0 Å². The molecule has 2 aromatic carbocycles. The van der Waals surface area contributed by atoms with E-state index < -0.39 is 0 Å². The van der Waals surface area contributed by atoms with E-state index in [1.165, 1.54) is 17.8 Å². The number of hydrogen-bond donors (Lipinski definition) is 0. The molecular weight excluding hydrogens is 419 g/mol. The molecule has 0 bridgehead atoms. The third kappa shape index (κ3) is 5.96. The van der Waals surface area contributed by atoms with Crippen LogP contribution in [-0.4, -0.2) is 74.8 Å². The van der Waals surface area contributed by atoms with Crippen molar-refractivity contribution in [3.8, 4) is 5.75 Å². The van der Waals surface area contributed by atoms with Crippen LogP contribution in [0.3, 0.4) is 0 Å². The molecule has 6 nitrogen and oxygen atoms in total. The number of piperazine rings is 1. The van der Waals surface area contributed by atoms with Gasteiger partial charge in [-0.2, -0.15) is 0 Å². The van der Waals surface area contributed by atoms with Crippen LogP contribution in [0.25, 0.3) is 0 Å². The van der Waals surface area contributed by atoms with Crippen molar-refractivity contribution in [2.75, 3.05) is 68.8 Å². The van der Waals surface area contributed by atoms with Gasteiger partial charge in [-0.05, 0) is 62.2 Å². The number of amides is 2. The molecule has 0 aliphatic carbocycles. The minimum atomic E-state index is -0.280. The van der Waals surface area contributed by atoms with Crippen molar-refractivity contribution in [1.82, 2.24) is 9.80 Å². The van der Waals surface area contributed by atoms with Gasteiger partial charge in [0.05, 0.1) is 12.3 Å². The Morgan fingerprint density at radius 3 is 2.36 bits per heavy atom. The van der Waals surface area contributed by atoms with Crippen molar-refractivity contribution >= 4 is 17.4 Å². The van der Waals surface area contributed by atoms with Gasteiger partial charge in [0.25, 0.3) is 0 Å². The van der Waals surface area contributed by atoms with E-state index in [4.69, 9.17) is 4.74 Å². The smallest absolute Gasteiger partial charge is 0.324 e.